The van der Waals surface area contributed by atoms with Gasteiger partial charge in [0.05, 0.1) is 17.8 Å². The molecule has 1 saturated carbocycles. The summed E-state index contributed by atoms with van der Waals surface area (Å²) >= 11 is 3.58. The number of aryl methyl sites for hydroxylation is 1. The Labute approximate surface area is 143 Å². The summed E-state index contributed by atoms with van der Waals surface area (Å²) in [4.78, 5) is 13.0. The van der Waals surface area contributed by atoms with Crippen LogP contribution >= 0.6 is 15.9 Å². The van der Waals surface area contributed by atoms with E-state index in [2.05, 4.69) is 21.0 Å². The molecule has 0 radical (unpaired) electrons. The second-order valence-corrected chi connectivity index (χ2v) is 6.65. The van der Waals surface area contributed by atoms with Gasteiger partial charge in [0.15, 0.2) is 0 Å². The van der Waals surface area contributed by atoms with Crippen molar-refractivity contribution in [2.24, 2.45) is 0 Å². The Kier molecular flexibility index (Phi) is 4.87. The summed E-state index contributed by atoms with van der Waals surface area (Å²) in [5.74, 6) is 0. The van der Waals surface area contributed by atoms with E-state index in [-0.39, 0.29) is 6.04 Å². The number of hydrogen-bond donors (Lipinski definition) is 1. The van der Waals surface area contributed by atoms with Crippen LogP contribution in [-0.4, -0.2) is 45.6 Å². The molecular weight excluding hydrogens is 362 g/mol. The maximum Gasteiger partial charge on any atom is 0.407 e. The highest BCUT2D eigenvalue weighted by Gasteiger charge is 2.33. The van der Waals surface area contributed by atoms with Crippen LogP contribution in [0.3, 0.4) is 0 Å². The van der Waals surface area contributed by atoms with Crippen LogP contribution in [0.2, 0.25) is 0 Å². The number of fused-ring (bicyclic) bond motifs is 1. The molecule has 0 unspecified atom stereocenters. The lowest BCUT2D eigenvalue weighted by Crippen LogP contribution is -2.31. The van der Waals surface area contributed by atoms with Crippen LogP contribution in [0.25, 0.3) is 10.9 Å². The van der Waals surface area contributed by atoms with E-state index in [0.717, 1.165) is 46.9 Å². The number of rotatable bonds is 7. The van der Waals surface area contributed by atoms with Gasteiger partial charge < -0.3 is 9.84 Å². The zero-order valence-electron chi connectivity index (χ0n) is 13.0. The lowest BCUT2D eigenvalue weighted by atomic mass is 10.2. The molecule has 2 aromatic rings. The smallest absolute Gasteiger partial charge is 0.407 e. The number of aromatic nitrogens is 2. The highest BCUT2D eigenvalue weighted by Crippen LogP contribution is 2.32. The molecule has 1 amide bonds. The predicted molar refractivity (Wildman–Crippen MR) is 90.5 cm³/mol. The molecule has 6 nitrogen and oxygen atoms in total. The van der Waals surface area contributed by atoms with E-state index < -0.39 is 6.09 Å². The Balaban J connectivity index is 1.93. The quantitative estimate of drug-likeness (QED) is 0.745. The molecule has 1 fully saturated rings. The molecule has 1 aromatic carbocycles. The van der Waals surface area contributed by atoms with Crippen LogP contribution in [-0.2, 0) is 17.8 Å². The predicted octanol–water partition coefficient (Wildman–Crippen LogP) is 3.48. The summed E-state index contributed by atoms with van der Waals surface area (Å²) in [7, 11) is 1.68. The Hall–Kier alpha value is -1.60. The number of halogens is 1. The standard InChI is InChI=1S/C16H20BrN3O3/c1-23-9-3-8-20-14-5-2-4-12(17)15(14)13(18-20)10-19(16(21)22)11-6-7-11/h2,4-5,11H,3,6-10H2,1H3,(H,21,22). The largest absolute Gasteiger partial charge is 0.465 e. The van der Waals surface area contributed by atoms with Crippen molar-refractivity contribution in [3.05, 3.63) is 28.4 Å². The van der Waals surface area contributed by atoms with Crippen LogP contribution in [0.5, 0.6) is 0 Å². The third-order valence-corrected chi connectivity index (χ3v) is 4.73. The van der Waals surface area contributed by atoms with E-state index in [1.807, 2.05) is 22.9 Å². The van der Waals surface area contributed by atoms with Gasteiger partial charge in [-0.3, -0.25) is 9.58 Å². The molecule has 23 heavy (non-hydrogen) atoms. The fourth-order valence-electron chi connectivity index (χ4n) is 2.80. The van der Waals surface area contributed by atoms with Gasteiger partial charge in [-0.2, -0.15) is 5.10 Å². The van der Waals surface area contributed by atoms with Crippen molar-refractivity contribution >= 4 is 32.9 Å². The van der Waals surface area contributed by atoms with Gasteiger partial charge in [-0.15, -0.1) is 0 Å². The SMILES string of the molecule is COCCCn1nc(CN(C(=O)O)C2CC2)c2c(Br)cccc21. The van der Waals surface area contributed by atoms with E-state index in [0.29, 0.717) is 13.2 Å². The Bertz CT molecular complexity index is 712. The molecule has 1 aromatic heterocycles. The van der Waals surface area contributed by atoms with Gasteiger partial charge in [-0.25, -0.2) is 4.79 Å². The lowest BCUT2D eigenvalue weighted by Gasteiger charge is -2.17. The molecule has 0 spiro atoms. The molecule has 1 aliphatic carbocycles. The number of nitrogens with zero attached hydrogens (tertiary/aromatic N) is 3. The van der Waals surface area contributed by atoms with Gasteiger partial charge in [-0.05, 0) is 31.4 Å². The molecular formula is C16H20BrN3O3. The van der Waals surface area contributed by atoms with Crippen molar-refractivity contribution < 1.29 is 14.6 Å². The minimum absolute atomic E-state index is 0.142. The second kappa shape index (κ2) is 6.88. The highest BCUT2D eigenvalue weighted by molar-refractivity contribution is 9.10. The summed E-state index contributed by atoms with van der Waals surface area (Å²) in [6.45, 7) is 1.75. The average molecular weight is 382 g/mol. The zero-order chi connectivity index (χ0) is 16.4. The normalized spacial score (nSPS) is 14.3. The molecule has 0 saturated heterocycles. The fraction of sp³-hybridized carbons (Fsp3) is 0.500. The third kappa shape index (κ3) is 3.50. The lowest BCUT2D eigenvalue weighted by molar-refractivity contribution is 0.138. The summed E-state index contributed by atoms with van der Waals surface area (Å²) in [6, 6.07) is 6.10. The molecule has 1 N–H and O–H groups in total. The first kappa shape index (κ1) is 16.3. The van der Waals surface area contributed by atoms with Crippen LogP contribution in [0.4, 0.5) is 4.79 Å². The zero-order valence-corrected chi connectivity index (χ0v) is 14.6. The van der Waals surface area contributed by atoms with Gasteiger partial charge in [0.1, 0.15) is 0 Å². The molecule has 124 valence electrons. The van der Waals surface area contributed by atoms with Crippen molar-refractivity contribution in [3.8, 4) is 0 Å². The molecule has 1 heterocycles. The number of amides is 1. The second-order valence-electron chi connectivity index (χ2n) is 5.79. The number of ether oxygens (including phenoxy) is 1. The van der Waals surface area contributed by atoms with Crippen molar-refractivity contribution in [1.82, 2.24) is 14.7 Å². The van der Waals surface area contributed by atoms with Gasteiger partial charge in [0.2, 0.25) is 0 Å². The van der Waals surface area contributed by atoms with Crippen molar-refractivity contribution in [3.63, 3.8) is 0 Å². The van der Waals surface area contributed by atoms with Gasteiger partial charge in [-0.1, -0.05) is 22.0 Å². The number of carbonyl (C=O) groups is 1. The summed E-state index contributed by atoms with van der Waals surface area (Å²) in [5.41, 5.74) is 1.82. The Morgan fingerprint density at radius 2 is 2.30 bits per heavy atom. The Morgan fingerprint density at radius 1 is 1.52 bits per heavy atom. The highest BCUT2D eigenvalue weighted by atomic mass is 79.9. The van der Waals surface area contributed by atoms with Crippen molar-refractivity contribution in [2.45, 2.75) is 38.4 Å². The first-order valence-electron chi connectivity index (χ1n) is 7.74. The molecule has 0 aliphatic heterocycles. The number of carboxylic acid groups (broad SMARTS) is 1. The Morgan fingerprint density at radius 3 is 2.96 bits per heavy atom. The van der Waals surface area contributed by atoms with E-state index in [4.69, 9.17) is 4.74 Å². The van der Waals surface area contributed by atoms with E-state index in [1.165, 1.54) is 4.90 Å². The molecule has 1 aliphatic rings. The number of methoxy groups -OCH3 is 1. The van der Waals surface area contributed by atoms with Crippen molar-refractivity contribution in [2.75, 3.05) is 13.7 Å². The van der Waals surface area contributed by atoms with Gasteiger partial charge >= 0.3 is 6.09 Å². The average Bonchev–Trinajstić information content (AvgIpc) is 3.29. The van der Waals surface area contributed by atoms with Crippen LogP contribution < -0.4 is 0 Å². The van der Waals surface area contributed by atoms with Crippen LogP contribution in [0, 0.1) is 0 Å². The van der Waals surface area contributed by atoms with E-state index in [9.17, 15) is 9.90 Å². The van der Waals surface area contributed by atoms with Crippen LogP contribution in [0.15, 0.2) is 22.7 Å². The topological polar surface area (TPSA) is 67.6 Å². The number of benzene rings is 1. The summed E-state index contributed by atoms with van der Waals surface area (Å²) in [5, 5.41) is 15.1. The van der Waals surface area contributed by atoms with Gasteiger partial charge in [0, 0.05) is 36.2 Å². The summed E-state index contributed by atoms with van der Waals surface area (Å²) < 4.78 is 8.00. The maximum atomic E-state index is 11.5. The first-order valence-corrected chi connectivity index (χ1v) is 8.53. The third-order valence-electron chi connectivity index (χ3n) is 4.07. The minimum atomic E-state index is -0.873. The molecule has 0 atom stereocenters. The summed E-state index contributed by atoms with van der Waals surface area (Å²) in [6.07, 6.45) is 1.88. The van der Waals surface area contributed by atoms with Gasteiger partial charge in [0.25, 0.3) is 0 Å². The van der Waals surface area contributed by atoms with E-state index in [1.54, 1.807) is 7.11 Å². The molecule has 3 rings (SSSR count). The fourth-order valence-corrected chi connectivity index (χ4v) is 3.39. The maximum absolute atomic E-state index is 11.5. The van der Waals surface area contributed by atoms with Crippen molar-refractivity contribution in [1.29, 1.82) is 0 Å². The van der Waals surface area contributed by atoms with Crippen LogP contribution in [0.1, 0.15) is 25.0 Å². The van der Waals surface area contributed by atoms with E-state index >= 15 is 0 Å². The molecule has 0 bridgehead atoms. The number of hydrogen-bond acceptors (Lipinski definition) is 3. The monoisotopic (exact) mass is 381 g/mol. The first-order chi connectivity index (χ1) is 11.1. The molecule has 7 heteroatoms. The minimum Gasteiger partial charge on any atom is -0.465 e.